The van der Waals surface area contributed by atoms with Crippen molar-refractivity contribution in [3.63, 3.8) is 0 Å². The van der Waals surface area contributed by atoms with E-state index in [0.717, 1.165) is 29.7 Å². The Labute approximate surface area is 109 Å². The highest BCUT2D eigenvalue weighted by molar-refractivity contribution is 5.96. The fraction of sp³-hybridized carbons (Fsp3) is 0.533. The van der Waals surface area contributed by atoms with Crippen LogP contribution in [0.5, 0.6) is 0 Å². The molecule has 1 aliphatic carbocycles. The highest BCUT2D eigenvalue weighted by Gasteiger charge is 2.22. The van der Waals surface area contributed by atoms with Crippen LogP contribution in [-0.2, 0) is 4.79 Å². The smallest absolute Gasteiger partial charge is 0.227 e. The summed E-state index contributed by atoms with van der Waals surface area (Å²) in [5.74, 6) is 0.299. The molecule has 1 fully saturated rings. The van der Waals surface area contributed by atoms with E-state index in [1.165, 1.54) is 19.3 Å². The number of carbonyl (C=O) groups is 1. The molecule has 0 heterocycles. The fourth-order valence-electron chi connectivity index (χ4n) is 2.59. The number of hydrogen-bond donors (Lipinski definition) is 2. The molecule has 0 radical (unpaired) electrons. The highest BCUT2D eigenvalue weighted by atomic mass is 16.1. The molecule has 3 heteroatoms. The summed E-state index contributed by atoms with van der Waals surface area (Å²) in [6.45, 7) is 4.03. The molecule has 1 aliphatic rings. The van der Waals surface area contributed by atoms with Crippen LogP contribution in [0.1, 0.15) is 43.2 Å². The average Bonchev–Trinajstić information content (AvgIpc) is 2.40. The van der Waals surface area contributed by atoms with Gasteiger partial charge in [-0.3, -0.25) is 4.79 Å². The first-order valence-electron chi connectivity index (χ1n) is 6.76. The van der Waals surface area contributed by atoms with Crippen LogP contribution >= 0.6 is 0 Å². The summed E-state index contributed by atoms with van der Waals surface area (Å²) in [5, 5.41) is 3.03. The van der Waals surface area contributed by atoms with Crippen molar-refractivity contribution in [2.24, 2.45) is 5.92 Å². The lowest BCUT2D eigenvalue weighted by molar-refractivity contribution is -0.120. The van der Waals surface area contributed by atoms with Crippen molar-refractivity contribution in [3.05, 3.63) is 23.3 Å². The number of anilines is 2. The number of rotatable bonds is 2. The largest absolute Gasteiger partial charge is 0.397 e. The van der Waals surface area contributed by atoms with Gasteiger partial charge in [0.1, 0.15) is 0 Å². The highest BCUT2D eigenvalue weighted by Crippen LogP contribution is 2.29. The van der Waals surface area contributed by atoms with Gasteiger partial charge >= 0.3 is 0 Å². The monoisotopic (exact) mass is 246 g/mol. The van der Waals surface area contributed by atoms with E-state index >= 15 is 0 Å². The molecule has 1 saturated carbocycles. The minimum absolute atomic E-state index is 0.134. The molecular formula is C15H22N2O. The summed E-state index contributed by atoms with van der Waals surface area (Å²) in [5.41, 5.74) is 9.63. The van der Waals surface area contributed by atoms with Gasteiger partial charge in [-0.2, -0.15) is 0 Å². The maximum absolute atomic E-state index is 12.2. The van der Waals surface area contributed by atoms with E-state index in [-0.39, 0.29) is 11.8 Å². The lowest BCUT2D eigenvalue weighted by atomic mass is 9.88. The summed E-state index contributed by atoms with van der Waals surface area (Å²) in [7, 11) is 0. The van der Waals surface area contributed by atoms with Gasteiger partial charge in [-0.05, 0) is 43.9 Å². The molecule has 2 rings (SSSR count). The van der Waals surface area contributed by atoms with E-state index in [4.69, 9.17) is 5.73 Å². The Kier molecular flexibility index (Phi) is 3.90. The Hall–Kier alpha value is -1.51. The number of nitrogens with two attached hydrogens (primary N) is 1. The maximum Gasteiger partial charge on any atom is 0.227 e. The molecule has 0 atom stereocenters. The fourth-order valence-corrected chi connectivity index (χ4v) is 2.59. The van der Waals surface area contributed by atoms with E-state index < -0.39 is 0 Å². The second-order valence-corrected chi connectivity index (χ2v) is 5.30. The van der Waals surface area contributed by atoms with Gasteiger partial charge in [0.05, 0.1) is 11.4 Å². The van der Waals surface area contributed by atoms with Gasteiger partial charge < -0.3 is 11.1 Å². The standard InChI is InChI=1S/C15H22N2O/c1-10-8-9-13(16)14(11(10)2)17-15(18)12-6-4-3-5-7-12/h8-9,12H,3-7,16H2,1-2H3,(H,17,18). The lowest BCUT2D eigenvalue weighted by Gasteiger charge is -2.22. The molecular weight excluding hydrogens is 224 g/mol. The average molecular weight is 246 g/mol. The predicted molar refractivity (Wildman–Crippen MR) is 75.5 cm³/mol. The minimum Gasteiger partial charge on any atom is -0.397 e. The lowest BCUT2D eigenvalue weighted by Crippen LogP contribution is -2.25. The molecule has 0 spiro atoms. The molecule has 1 amide bonds. The van der Waals surface area contributed by atoms with E-state index in [0.29, 0.717) is 5.69 Å². The Morgan fingerprint density at radius 2 is 1.89 bits per heavy atom. The zero-order valence-corrected chi connectivity index (χ0v) is 11.3. The molecule has 1 aromatic carbocycles. The molecule has 0 aromatic heterocycles. The van der Waals surface area contributed by atoms with Crippen molar-refractivity contribution in [1.82, 2.24) is 0 Å². The van der Waals surface area contributed by atoms with E-state index in [1.807, 2.05) is 26.0 Å². The number of aryl methyl sites for hydroxylation is 1. The first-order valence-corrected chi connectivity index (χ1v) is 6.76. The summed E-state index contributed by atoms with van der Waals surface area (Å²) in [4.78, 5) is 12.2. The van der Waals surface area contributed by atoms with Gasteiger partial charge in [0.25, 0.3) is 0 Å². The van der Waals surface area contributed by atoms with E-state index in [1.54, 1.807) is 0 Å². The first-order chi connectivity index (χ1) is 8.59. The van der Waals surface area contributed by atoms with Crippen LogP contribution in [0, 0.1) is 19.8 Å². The molecule has 0 aliphatic heterocycles. The van der Waals surface area contributed by atoms with Crippen LogP contribution in [0.3, 0.4) is 0 Å². The second-order valence-electron chi connectivity index (χ2n) is 5.30. The van der Waals surface area contributed by atoms with Crippen molar-refractivity contribution in [2.45, 2.75) is 46.0 Å². The normalized spacial score (nSPS) is 16.6. The first kappa shape index (κ1) is 12.9. The Morgan fingerprint density at radius 3 is 2.56 bits per heavy atom. The molecule has 18 heavy (non-hydrogen) atoms. The van der Waals surface area contributed by atoms with Gasteiger partial charge in [0.15, 0.2) is 0 Å². The van der Waals surface area contributed by atoms with Gasteiger partial charge in [-0.25, -0.2) is 0 Å². The minimum atomic E-state index is 0.134. The molecule has 3 nitrogen and oxygen atoms in total. The third-order valence-corrected chi connectivity index (χ3v) is 3.99. The summed E-state index contributed by atoms with van der Waals surface area (Å²) >= 11 is 0. The van der Waals surface area contributed by atoms with Crippen LogP contribution in [-0.4, -0.2) is 5.91 Å². The van der Waals surface area contributed by atoms with Crippen LogP contribution in [0.4, 0.5) is 11.4 Å². The van der Waals surface area contributed by atoms with Crippen LogP contribution < -0.4 is 11.1 Å². The third-order valence-electron chi connectivity index (χ3n) is 3.99. The van der Waals surface area contributed by atoms with Crippen LogP contribution in [0.25, 0.3) is 0 Å². The zero-order valence-electron chi connectivity index (χ0n) is 11.3. The van der Waals surface area contributed by atoms with Crippen molar-refractivity contribution >= 4 is 17.3 Å². The molecule has 0 bridgehead atoms. The number of amides is 1. The van der Waals surface area contributed by atoms with Crippen LogP contribution in [0.15, 0.2) is 12.1 Å². The SMILES string of the molecule is Cc1ccc(N)c(NC(=O)C2CCCCC2)c1C. The van der Waals surface area contributed by atoms with Gasteiger partial charge in [-0.1, -0.05) is 25.3 Å². The Bertz CT molecular complexity index is 448. The van der Waals surface area contributed by atoms with Gasteiger partial charge in [-0.15, -0.1) is 0 Å². The summed E-state index contributed by atoms with van der Waals surface area (Å²) in [6, 6.07) is 3.85. The molecule has 98 valence electrons. The van der Waals surface area contributed by atoms with E-state index in [2.05, 4.69) is 5.32 Å². The number of hydrogen-bond acceptors (Lipinski definition) is 2. The molecule has 3 N–H and O–H groups in total. The van der Waals surface area contributed by atoms with Crippen molar-refractivity contribution in [1.29, 1.82) is 0 Å². The van der Waals surface area contributed by atoms with E-state index in [9.17, 15) is 4.79 Å². The summed E-state index contributed by atoms with van der Waals surface area (Å²) in [6.07, 6.45) is 5.61. The molecule has 1 aromatic rings. The van der Waals surface area contributed by atoms with Crippen LogP contribution in [0.2, 0.25) is 0 Å². The zero-order chi connectivity index (χ0) is 13.1. The number of benzene rings is 1. The number of nitrogens with one attached hydrogen (secondary N) is 1. The molecule has 0 unspecified atom stereocenters. The number of carbonyl (C=O) groups excluding carboxylic acids is 1. The summed E-state index contributed by atoms with van der Waals surface area (Å²) < 4.78 is 0. The van der Waals surface area contributed by atoms with Crippen molar-refractivity contribution < 1.29 is 4.79 Å². The third kappa shape index (κ3) is 2.66. The second kappa shape index (κ2) is 5.42. The Morgan fingerprint density at radius 1 is 1.22 bits per heavy atom. The van der Waals surface area contributed by atoms with Crippen molar-refractivity contribution in [3.8, 4) is 0 Å². The topological polar surface area (TPSA) is 55.1 Å². The van der Waals surface area contributed by atoms with Crippen molar-refractivity contribution in [2.75, 3.05) is 11.1 Å². The van der Waals surface area contributed by atoms with Gasteiger partial charge in [0.2, 0.25) is 5.91 Å². The number of nitrogen functional groups attached to an aromatic ring is 1. The predicted octanol–water partition coefficient (Wildman–Crippen LogP) is 3.40. The quantitative estimate of drug-likeness (QED) is 0.786. The maximum atomic E-state index is 12.2. The Balaban J connectivity index is 2.13. The molecule has 0 saturated heterocycles. The van der Waals surface area contributed by atoms with Gasteiger partial charge in [0, 0.05) is 5.92 Å².